The molecule has 2 aromatic rings. The van der Waals surface area contributed by atoms with Gasteiger partial charge in [-0.1, -0.05) is 41.9 Å². The first-order valence-corrected chi connectivity index (χ1v) is 9.64. The minimum Gasteiger partial charge on any atom is -0.324 e. The van der Waals surface area contributed by atoms with Gasteiger partial charge in [0, 0.05) is 28.6 Å². The third kappa shape index (κ3) is 3.71. The fourth-order valence-corrected chi connectivity index (χ4v) is 4.36. The van der Waals surface area contributed by atoms with Crippen LogP contribution >= 0.6 is 35.0 Å². The Morgan fingerprint density at radius 1 is 1.44 bits per heavy atom. The lowest BCUT2D eigenvalue weighted by molar-refractivity contribution is -0.119. The highest BCUT2D eigenvalue weighted by molar-refractivity contribution is 7.99. The molecule has 0 spiro atoms. The zero-order chi connectivity index (χ0) is 18.1. The molecule has 0 fully saturated rings. The van der Waals surface area contributed by atoms with E-state index in [1.165, 1.54) is 11.8 Å². The number of aryl methyl sites for hydroxylation is 1. The van der Waals surface area contributed by atoms with Crippen LogP contribution in [0, 0.1) is 12.8 Å². The quantitative estimate of drug-likeness (QED) is 0.800. The highest BCUT2D eigenvalue weighted by Gasteiger charge is 2.28. The number of carbonyl (C=O) groups excluding carboxylic acids is 1. The van der Waals surface area contributed by atoms with Gasteiger partial charge in [-0.15, -0.1) is 0 Å². The van der Waals surface area contributed by atoms with Crippen LogP contribution in [0.3, 0.4) is 0 Å². The molecular formula is C17H17Cl2N3O2S. The van der Waals surface area contributed by atoms with Crippen LogP contribution in [0.2, 0.25) is 10.0 Å². The minimum atomic E-state index is -0.337. The molecule has 1 atom stereocenters. The number of thioether (sulfide) groups is 1. The number of carbonyl (C=O) groups is 1. The summed E-state index contributed by atoms with van der Waals surface area (Å²) in [5, 5.41) is 4.38. The molecule has 2 heterocycles. The van der Waals surface area contributed by atoms with Crippen LogP contribution in [0.15, 0.2) is 28.2 Å². The summed E-state index contributed by atoms with van der Waals surface area (Å²) in [6.45, 7) is 4.10. The Hall–Kier alpha value is -1.50. The monoisotopic (exact) mass is 397 g/mol. The topological polar surface area (TPSA) is 64.0 Å². The number of benzene rings is 1. The SMILES string of the molecule is CCc1c(C)nc2n(c1=O)CC(C(=O)Nc1ccc(Cl)cc1Cl)CS2. The normalized spacial score (nSPS) is 16.4. The lowest BCUT2D eigenvalue weighted by atomic mass is 10.1. The van der Waals surface area contributed by atoms with Crippen molar-refractivity contribution in [3.8, 4) is 0 Å². The van der Waals surface area contributed by atoms with E-state index in [0.717, 1.165) is 5.69 Å². The minimum absolute atomic E-state index is 0.0560. The van der Waals surface area contributed by atoms with Crippen molar-refractivity contribution < 1.29 is 4.79 Å². The third-order valence-electron chi connectivity index (χ3n) is 4.16. The number of aromatic nitrogens is 2. The Labute approximate surface area is 159 Å². The summed E-state index contributed by atoms with van der Waals surface area (Å²) >= 11 is 13.4. The maximum atomic E-state index is 12.6. The zero-order valence-electron chi connectivity index (χ0n) is 13.8. The van der Waals surface area contributed by atoms with Gasteiger partial charge in [0.2, 0.25) is 5.91 Å². The summed E-state index contributed by atoms with van der Waals surface area (Å²) in [7, 11) is 0. The highest BCUT2D eigenvalue weighted by atomic mass is 35.5. The number of amides is 1. The number of nitrogens with one attached hydrogen (secondary N) is 1. The predicted octanol–water partition coefficient (Wildman–Crippen LogP) is 3.78. The molecule has 132 valence electrons. The lowest BCUT2D eigenvalue weighted by Crippen LogP contribution is -2.38. The maximum absolute atomic E-state index is 12.6. The van der Waals surface area contributed by atoms with Crippen LogP contribution in [-0.2, 0) is 17.8 Å². The van der Waals surface area contributed by atoms with Crippen LogP contribution < -0.4 is 10.9 Å². The molecule has 0 saturated heterocycles. The largest absolute Gasteiger partial charge is 0.324 e. The van der Waals surface area contributed by atoms with Crippen molar-refractivity contribution in [3.05, 3.63) is 49.9 Å². The van der Waals surface area contributed by atoms with Gasteiger partial charge in [0.15, 0.2) is 5.16 Å². The van der Waals surface area contributed by atoms with Crippen LogP contribution in [0.1, 0.15) is 18.2 Å². The number of halogens is 2. The van der Waals surface area contributed by atoms with Gasteiger partial charge in [0.25, 0.3) is 5.56 Å². The van der Waals surface area contributed by atoms with Gasteiger partial charge in [-0.2, -0.15) is 0 Å². The number of fused-ring (bicyclic) bond motifs is 1. The molecule has 0 aliphatic carbocycles. The molecule has 1 N–H and O–H groups in total. The Kier molecular flexibility index (Phi) is 5.41. The van der Waals surface area contributed by atoms with Crippen molar-refractivity contribution in [1.82, 2.24) is 9.55 Å². The molecule has 3 rings (SSSR count). The van der Waals surface area contributed by atoms with Gasteiger partial charge in [0.05, 0.1) is 16.6 Å². The van der Waals surface area contributed by atoms with Crippen LogP contribution in [-0.4, -0.2) is 21.2 Å². The Morgan fingerprint density at radius 3 is 2.88 bits per heavy atom. The van der Waals surface area contributed by atoms with E-state index in [1.54, 1.807) is 22.8 Å². The van der Waals surface area contributed by atoms with Crippen molar-refractivity contribution in [2.75, 3.05) is 11.1 Å². The molecule has 25 heavy (non-hydrogen) atoms. The highest BCUT2D eigenvalue weighted by Crippen LogP contribution is 2.29. The van der Waals surface area contributed by atoms with Gasteiger partial charge in [0.1, 0.15) is 0 Å². The smallest absolute Gasteiger partial charge is 0.257 e. The van der Waals surface area contributed by atoms with E-state index in [4.69, 9.17) is 23.2 Å². The first-order valence-electron chi connectivity index (χ1n) is 7.89. The molecular weight excluding hydrogens is 381 g/mol. The van der Waals surface area contributed by atoms with E-state index in [1.807, 2.05) is 13.8 Å². The summed E-state index contributed by atoms with van der Waals surface area (Å²) in [6.07, 6.45) is 0.625. The predicted molar refractivity (Wildman–Crippen MR) is 102 cm³/mol. The summed E-state index contributed by atoms with van der Waals surface area (Å²) in [5.74, 6) is 0.0537. The molecule has 1 unspecified atom stereocenters. The second kappa shape index (κ2) is 7.40. The molecule has 1 aliphatic rings. The second-order valence-corrected chi connectivity index (χ2v) is 7.68. The summed E-state index contributed by atoms with van der Waals surface area (Å²) in [5.41, 5.74) is 1.92. The fraction of sp³-hybridized carbons (Fsp3) is 0.353. The fourth-order valence-electron chi connectivity index (χ4n) is 2.79. The van der Waals surface area contributed by atoms with Crippen molar-refractivity contribution in [3.63, 3.8) is 0 Å². The molecule has 0 radical (unpaired) electrons. The molecule has 0 bridgehead atoms. The van der Waals surface area contributed by atoms with Crippen LogP contribution in [0.5, 0.6) is 0 Å². The molecule has 1 aromatic heterocycles. The van der Waals surface area contributed by atoms with E-state index < -0.39 is 0 Å². The van der Waals surface area contributed by atoms with E-state index in [2.05, 4.69) is 10.3 Å². The third-order valence-corrected chi connectivity index (χ3v) is 5.85. The van der Waals surface area contributed by atoms with E-state index >= 15 is 0 Å². The zero-order valence-corrected chi connectivity index (χ0v) is 16.1. The lowest BCUT2D eigenvalue weighted by Gasteiger charge is -2.25. The van der Waals surface area contributed by atoms with E-state index in [9.17, 15) is 9.59 Å². The van der Waals surface area contributed by atoms with Crippen molar-refractivity contribution >= 4 is 46.6 Å². The number of nitrogens with zero attached hydrogens (tertiary/aromatic N) is 2. The Balaban J connectivity index is 1.82. The van der Waals surface area contributed by atoms with Crippen molar-refractivity contribution in [1.29, 1.82) is 0 Å². The molecule has 1 aliphatic heterocycles. The van der Waals surface area contributed by atoms with Crippen molar-refractivity contribution in [2.24, 2.45) is 5.92 Å². The molecule has 0 saturated carbocycles. The van der Waals surface area contributed by atoms with Gasteiger partial charge >= 0.3 is 0 Å². The van der Waals surface area contributed by atoms with E-state index in [-0.39, 0.29) is 17.4 Å². The number of anilines is 1. The number of hydrogen-bond donors (Lipinski definition) is 1. The van der Waals surface area contributed by atoms with Gasteiger partial charge in [-0.3, -0.25) is 14.2 Å². The van der Waals surface area contributed by atoms with Crippen LogP contribution in [0.4, 0.5) is 5.69 Å². The summed E-state index contributed by atoms with van der Waals surface area (Å²) in [4.78, 5) is 29.7. The molecule has 1 amide bonds. The van der Waals surface area contributed by atoms with E-state index in [0.29, 0.717) is 45.2 Å². The van der Waals surface area contributed by atoms with Gasteiger partial charge in [-0.05, 0) is 31.5 Å². The first-order chi connectivity index (χ1) is 11.9. The first kappa shape index (κ1) is 18.3. The van der Waals surface area contributed by atoms with Crippen LogP contribution in [0.25, 0.3) is 0 Å². The average molecular weight is 398 g/mol. The van der Waals surface area contributed by atoms with Gasteiger partial charge in [-0.25, -0.2) is 4.98 Å². The molecule has 5 nitrogen and oxygen atoms in total. The summed E-state index contributed by atoms with van der Waals surface area (Å²) in [6, 6.07) is 4.91. The average Bonchev–Trinajstić information content (AvgIpc) is 2.57. The maximum Gasteiger partial charge on any atom is 0.257 e. The molecule has 8 heteroatoms. The summed E-state index contributed by atoms with van der Waals surface area (Å²) < 4.78 is 1.60. The van der Waals surface area contributed by atoms with Gasteiger partial charge < -0.3 is 5.32 Å². The number of hydrogen-bond acceptors (Lipinski definition) is 4. The Bertz CT molecular complexity index is 898. The van der Waals surface area contributed by atoms with Crippen molar-refractivity contribution in [2.45, 2.75) is 32.0 Å². The molecule has 1 aromatic carbocycles. The Morgan fingerprint density at radius 2 is 2.20 bits per heavy atom. The second-order valence-electron chi connectivity index (χ2n) is 5.85. The standard InChI is InChI=1S/C17H17Cl2N3O2S/c1-3-12-9(2)20-17-22(16(12)24)7-10(8-25-17)15(23)21-14-5-4-11(18)6-13(14)19/h4-6,10H,3,7-8H2,1-2H3,(H,21,23). The number of rotatable bonds is 3.